The second-order valence-electron chi connectivity index (χ2n) is 5.10. The average Bonchev–Trinajstić information content (AvgIpc) is 2.83. The summed E-state index contributed by atoms with van der Waals surface area (Å²) >= 11 is 0. The number of methoxy groups -OCH3 is 2. The van der Waals surface area contributed by atoms with Gasteiger partial charge in [0, 0.05) is 23.1 Å². The molecule has 0 unspecified atom stereocenters. The molecule has 0 heterocycles. The van der Waals surface area contributed by atoms with Crippen molar-refractivity contribution in [1.29, 1.82) is 0 Å². The van der Waals surface area contributed by atoms with Crippen LogP contribution in [-0.2, 0) is 6.42 Å². The summed E-state index contributed by atoms with van der Waals surface area (Å²) < 4.78 is 10.7. The number of phenols is 1. The molecular weight excluding hydrogens is 280 g/mol. The molecule has 0 aliphatic heterocycles. The van der Waals surface area contributed by atoms with Crippen LogP contribution in [0, 0.1) is 0 Å². The molecule has 0 spiro atoms. The van der Waals surface area contributed by atoms with E-state index in [1.54, 1.807) is 50.6 Å². The molecule has 4 heteroatoms. The van der Waals surface area contributed by atoms with E-state index < -0.39 is 0 Å². The van der Waals surface area contributed by atoms with Crippen molar-refractivity contribution in [3.8, 4) is 17.2 Å². The van der Waals surface area contributed by atoms with E-state index in [0.717, 1.165) is 11.1 Å². The summed E-state index contributed by atoms with van der Waals surface area (Å²) in [4.78, 5) is 12.5. The second-order valence-corrected chi connectivity index (χ2v) is 5.10. The van der Waals surface area contributed by atoms with Crippen molar-refractivity contribution >= 4 is 11.9 Å². The molecule has 0 atom stereocenters. The van der Waals surface area contributed by atoms with Crippen molar-refractivity contribution < 1.29 is 19.4 Å². The minimum absolute atomic E-state index is 0.0145. The van der Waals surface area contributed by atoms with E-state index in [1.165, 1.54) is 0 Å². The van der Waals surface area contributed by atoms with Crippen molar-refractivity contribution in [2.24, 2.45) is 0 Å². The number of allylic oxidation sites excluding steroid dienone is 1. The molecule has 1 aliphatic carbocycles. The standard InChI is InChI=1S/C18H16O4/c1-21-16-7-6-14-15(18(16)22-2)10-12(17(14)20)8-11-4-3-5-13(19)9-11/h3-9,19H,10H2,1-2H3/b12-8+. The Balaban J connectivity index is 2.04. The Hall–Kier alpha value is -2.75. The zero-order valence-electron chi connectivity index (χ0n) is 12.4. The fourth-order valence-electron chi connectivity index (χ4n) is 2.76. The highest BCUT2D eigenvalue weighted by Gasteiger charge is 2.29. The Labute approximate surface area is 128 Å². The molecule has 0 saturated heterocycles. The SMILES string of the molecule is COc1ccc2c(c1OC)C/C(=C\c1cccc(O)c1)C2=O. The minimum atomic E-state index is -0.0145. The Morgan fingerprint density at radius 1 is 1.14 bits per heavy atom. The number of hydrogen-bond donors (Lipinski definition) is 1. The lowest BCUT2D eigenvalue weighted by Crippen LogP contribution is -1.97. The van der Waals surface area contributed by atoms with Crippen LogP contribution in [0.2, 0.25) is 0 Å². The molecule has 0 saturated carbocycles. The zero-order chi connectivity index (χ0) is 15.7. The monoisotopic (exact) mass is 296 g/mol. The lowest BCUT2D eigenvalue weighted by atomic mass is 10.1. The average molecular weight is 296 g/mol. The number of hydrogen-bond acceptors (Lipinski definition) is 4. The van der Waals surface area contributed by atoms with E-state index >= 15 is 0 Å². The lowest BCUT2D eigenvalue weighted by molar-refractivity contribution is 0.104. The van der Waals surface area contributed by atoms with Gasteiger partial charge in [-0.3, -0.25) is 4.79 Å². The number of carbonyl (C=O) groups is 1. The predicted octanol–water partition coefficient (Wildman–Crippen LogP) is 3.23. The van der Waals surface area contributed by atoms with Crippen LogP contribution in [0.1, 0.15) is 21.5 Å². The third-order valence-electron chi connectivity index (χ3n) is 3.76. The number of phenolic OH excluding ortho intramolecular Hbond substituents is 1. The number of ether oxygens (including phenoxy) is 2. The summed E-state index contributed by atoms with van der Waals surface area (Å²) in [7, 11) is 3.14. The number of aromatic hydroxyl groups is 1. The van der Waals surface area contributed by atoms with Gasteiger partial charge in [-0.25, -0.2) is 0 Å². The van der Waals surface area contributed by atoms with Crippen LogP contribution in [-0.4, -0.2) is 25.1 Å². The number of ketones is 1. The fraction of sp³-hybridized carbons (Fsp3) is 0.167. The third kappa shape index (κ3) is 2.33. The van der Waals surface area contributed by atoms with Crippen LogP contribution in [0.4, 0.5) is 0 Å². The largest absolute Gasteiger partial charge is 0.508 e. The Morgan fingerprint density at radius 3 is 2.64 bits per heavy atom. The van der Waals surface area contributed by atoms with Crippen LogP contribution in [0.15, 0.2) is 42.0 Å². The molecule has 0 amide bonds. The molecule has 0 fully saturated rings. The summed E-state index contributed by atoms with van der Waals surface area (Å²) in [6, 6.07) is 10.3. The molecule has 2 aromatic rings. The molecule has 0 radical (unpaired) electrons. The molecule has 22 heavy (non-hydrogen) atoms. The topological polar surface area (TPSA) is 55.8 Å². The van der Waals surface area contributed by atoms with Crippen molar-refractivity contribution in [2.75, 3.05) is 14.2 Å². The number of fused-ring (bicyclic) bond motifs is 1. The fourth-order valence-corrected chi connectivity index (χ4v) is 2.76. The Bertz CT molecular complexity index is 775. The smallest absolute Gasteiger partial charge is 0.189 e. The Kier molecular flexibility index (Phi) is 3.59. The van der Waals surface area contributed by atoms with Gasteiger partial charge in [0.05, 0.1) is 14.2 Å². The summed E-state index contributed by atoms with van der Waals surface area (Å²) in [5, 5.41) is 9.53. The number of benzene rings is 2. The highest BCUT2D eigenvalue weighted by Crippen LogP contribution is 2.40. The van der Waals surface area contributed by atoms with Crippen LogP contribution in [0.25, 0.3) is 6.08 Å². The third-order valence-corrected chi connectivity index (χ3v) is 3.76. The van der Waals surface area contributed by atoms with E-state index in [2.05, 4.69) is 0 Å². The maximum absolute atomic E-state index is 12.5. The molecule has 0 aromatic heterocycles. The summed E-state index contributed by atoms with van der Waals surface area (Å²) in [5.74, 6) is 1.39. The molecule has 0 bridgehead atoms. The van der Waals surface area contributed by atoms with E-state index in [-0.39, 0.29) is 11.5 Å². The van der Waals surface area contributed by atoms with Crippen molar-refractivity contribution in [3.05, 3.63) is 58.7 Å². The first-order valence-electron chi connectivity index (χ1n) is 6.92. The number of rotatable bonds is 3. The van der Waals surface area contributed by atoms with Gasteiger partial charge in [-0.1, -0.05) is 12.1 Å². The molecule has 4 nitrogen and oxygen atoms in total. The van der Waals surface area contributed by atoms with Gasteiger partial charge in [-0.05, 0) is 35.9 Å². The molecule has 2 aromatic carbocycles. The van der Waals surface area contributed by atoms with Crippen molar-refractivity contribution in [1.82, 2.24) is 0 Å². The normalized spacial score (nSPS) is 15.0. The summed E-state index contributed by atoms with van der Waals surface area (Å²) in [5.41, 5.74) is 2.96. The van der Waals surface area contributed by atoms with Gasteiger partial charge in [0.1, 0.15) is 5.75 Å². The first-order chi connectivity index (χ1) is 10.6. The quantitative estimate of drug-likeness (QED) is 0.884. The lowest BCUT2D eigenvalue weighted by Gasteiger charge is -2.10. The molecule has 1 N–H and O–H groups in total. The zero-order valence-corrected chi connectivity index (χ0v) is 12.4. The van der Waals surface area contributed by atoms with Gasteiger partial charge in [0.25, 0.3) is 0 Å². The van der Waals surface area contributed by atoms with Gasteiger partial charge < -0.3 is 14.6 Å². The van der Waals surface area contributed by atoms with Gasteiger partial charge in [0.2, 0.25) is 0 Å². The number of Topliss-reactive ketones (excluding diaryl/α,β-unsaturated/α-hetero) is 1. The molecule has 112 valence electrons. The van der Waals surface area contributed by atoms with Crippen LogP contribution < -0.4 is 9.47 Å². The summed E-state index contributed by atoms with van der Waals surface area (Å²) in [6.45, 7) is 0. The number of carbonyl (C=O) groups excluding carboxylic acids is 1. The van der Waals surface area contributed by atoms with Crippen molar-refractivity contribution in [3.63, 3.8) is 0 Å². The molecule has 3 rings (SSSR count). The highest BCUT2D eigenvalue weighted by atomic mass is 16.5. The maximum Gasteiger partial charge on any atom is 0.189 e. The van der Waals surface area contributed by atoms with Gasteiger partial charge in [0.15, 0.2) is 17.3 Å². The minimum Gasteiger partial charge on any atom is -0.508 e. The van der Waals surface area contributed by atoms with E-state index in [9.17, 15) is 9.90 Å². The predicted molar refractivity (Wildman–Crippen MR) is 83.7 cm³/mol. The van der Waals surface area contributed by atoms with E-state index in [1.807, 2.05) is 6.07 Å². The van der Waals surface area contributed by atoms with Crippen LogP contribution in [0.3, 0.4) is 0 Å². The Morgan fingerprint density at radius 2 is 1.95 bits per heavy atom. The second kappa shape index (κ2) is 5.56. The molecular formula is C18H16O4. The highest BCUT2D eigenvalue weighted by molar-refractivity contribution is 6.16. The first-order valence-corrected chi connectivity index (χ1v) is 6.92. The molecule has 1 aliphatic rings. The van der Waals surface area contributed by atoms with Crippen LogP contribution >= 0.6 is 0 Å². The summed E-state index contributed by atoms with van der Waals surface area (Å²) in [6.07, 6.45) is 2.29. The maximum atomic E-state index is 12.5. The van der Waals surface area contributed by atoms with Gasteiger partial charge in [-0.15, -0.1) is 0 Å². The van der Waals surface area contributed by atoms with Crippen LogP contribution in [0.5, 0.6) is 17.2 Å². The van der Waals surface area contributed by atoms with Gasteiger partial charge >= 0.3 is 0 Å². The van der Waals surface area contributed by atoms with E-state index in [0.29, 0.717) is 29.1 Å². The first kappa shape index (κ1) is 14.2. The van der Waals surface area contributed by atoms with Crippen molar-refractivity contribution in [2.45, 2.75) is 6.42 Å². The van der Waals surface area contributed by atoms with Gasteiger partial charge in [-0.2, -0.15) is 0 Å². The van der Waals surface area contributed by atoms with E-state index in [4.69, 9.17) is 9.47 Å².